The monoisotopic (exact) mass is 306 g/mol. The molecule has 0 unspecified atom stereocenters. The summed E-state index contributed by atoms with van der Waals surface area (Å²) < 4.78 is 1.85. The number of amides is 1. The number of aryl methyl sites for hydroxylation is 1. The van der Waals surface area contributed by atoms with E-state index in [0.29, 0.717) is 11.6 Å². The molecule has 3 aromatic heterocycles. The first kappa shape index (κ1) is 13.9. The fraction of sp³-hybridized carbons (Fsp3) is 0.278. The minimum Gasteiger partial charge on any atom is -0.342 e. The molecule has 1 atom stereocenters. The molecule has 3 aromatic rings. The highest BCUT2D eigenvalue weighted by Gasteiger charge is 2.35. The van der Waals surface area contributed by atoms with Crippen molar-refractivity contribution in [3.63, 3.8) is 0 Å². The third kappa shape index (κ3) is 2.70. The molecule has 5 heteroatoms. The van der Waals surface area contributed by atoms with Crippen LogP contribution in [-0.4, -0.2) is 20.3 Å². The second kappa shape index (κ2) is 5.50. The molecule has 5 nitrogen and oxygen atoms in total. The molecule has 1 aliphatic rings. The number of hydrogen-bond acceptors (Lipinski definition) is 3. The molecule has 1 amide bonds. The Hall–Kier alpha value is -2.69. The van der Waals surface area contributed by atoms with Gasteiger partial charge in [-0.25, -0.2) is 4.98 Å². The Bertz CT molecular complexity index is 833. The molecule has 3 heterocycles. The zero-order chi connectivity index (χ0) is 15.8. The maximum atomic E-state index is 12.6. The Balaban J connectivity index is 1.61. The van der Waals surface area contributed by atoms with Gasteiger partial charge in [0.25, 0.3) is 5.91 Å². The van der Waals surface area contributed by atoms with Crippen molar-refractivity contribution in [2.45, 2.75) is 25.8 Å². The number of nitrogens with zero attached hydrogens (tertiary/aromatic N) is 3. The Morgan fingerprint density at radius 2 is 2.17 bits per heavy atom. The minimum atomic E-state index is -0.143. The van der Waals surface area contributed by atoms with Gasteiger partial charge in [0.05, 0.1) is 11.7 Å². The predicted molar refractivity (Wildman–Crippen MR) is 87.1 cm³/mol. The minimum absolute atomic E-state index is 0.0338. The van der Waals surface area contributed by atoms with Gasteiger partial charge in [-0.3, -0.25) is 9.78 Å². The molecule has 1 aliphatic carbocycles. The molecule has 0 saturated heterocycles. The van der Waals surface area contributed by atoms with Crippen LogP contribution in [0.25, 0.3) is 5.65 Å². The smallest absolute Gasteiger partial charge is 0.272 e. The molecule has 0 aromatic carbocycles. The number of hydrogen-bond donors (Lipinski definition) is 1. The van der Waals surface area contributed by atoms with Crippen LogP contribution in [0, 0.1) is 12.8 Å². The van der Waals surface area contributed by atoms with Crippen molar-refractivity contribution >= 4 is 11.6 Å². The highest BCUT2D eigenvalue weighted by molar-refractivity contribution is 5.93. The van der Waals surface area contributed by atoms with Crippen molar-refractivity contribution in [2.24, 2.45) is 5.92 Å². The molecule has 0 bridgehead atoms. The number of rotatable bonds is 4. The lowest BCUT2D eigenvalue weighted by Gasteiger charge is -2.19. The maximum Gasteiger partial charge on any atom is 0.272 e. The maximum absolute atomic E-state index is 12.6. The summed E-state index contributed by atoms with van der Waals surface area (Å²) in [5, 5.41) is 3.14. The van der Waals surface area contributed by atoms with E-state index >= 15 is 0 Å². The van der Waals surface area contributed by atoms with Gasteiger partial charge < -0.3 is 9.72 Å². The van der Waals surface area contributed by atoms with Crippen LogP contribution in [0.1, 0.15) is 40.6 Å². The van der Waals surface area contributed by atoms with Gasteiger partial charge in [0.2, 0.25) is 0 Å². The van der Waals surface area contributed by atoms with Crippen LogP contribution in [0.2, 0.25) is 0 Å². The van der Waals surface area contributed by atoms with Crippen LogP contribution in [-0.2, 0) is 0 Å². The van der Waals surface area contributed by atoms with Crippen LogP contribution in [0.15, 0.2) is 48.9 Å². The van der Waals surface area contributed by atoms with Crippen molar-refractivity contribution in [3.8, 4) is 0 Å². The Labute approximate surface area is 134 Å². The third-order valence-corrected chi connectivity index (χ3v) is 4.32. The summed E-state index contributed by atoms with van der Waals surface area (Å²) in [7, 11) is 0. The van der Waals surface area contributed by atoms with Crippen molar-refractivity contribution in [2.75, 3.05) is 0 Å². The lowest BCUT2D eigenvalue weighted by Crippen LogP contribution is -2.31. The van der Waals surface area contributed by atoms with Crippen LogP contribution < -0.4 is 5.32 Å². The zero-order valence-corrected chi connectivity index (χ0v) is 12.9. The molecule has 23 heavy (non-hydrogen) atoms. The number of carbonyl (C=O) groups is 1. The first-order valence-electron chi connectivity index (χ1n) is 7.88. The summed E-state index contributed by atoms with van der Waals surface area (Å²) in [4.78, 5) is 21.5. The highest BCUT2D eigenvalue weighted by Crippen LogP contribution is 2.41. The molecule has 4 rings (SSSR count). The van der Waals surface area contributed by atoms with E-state index in [0.717, 1.165) is 29.7 Å². The molecular formula is C18H18N4O. The topological polar surface area (TPSA) is 59.3 Å². The van der Waals surface area contributed by atoms with Gasteiger partial charge in [-0.05, 0) is 49.4 Å². The van der Waals surface area contributed by atoms with E-state index in [-0.39, 0.29) is 11.9 Å². The first-order chi connectivity index (χ1) is 11.2. The summed E-state index contributed by atoms with van der Waals surface area (Å²) in [6.45, 7) is 2.04. The highest BCUT2D eigenvalue weighted by atomic mass is 16.2. The molecule has 0 radical (unpaired) electrons. The number of fused-ring (bicyclic) bond motifs is 1. The number of imidazole rings is 1. The lowest BCUT2D eigenvalue weighted by molar-refractivity contribution is 0.0926. The summed E-state index contributed by atoms with van der Waals surface area (Å²) >= 11 is 0. The Kier molecular flexibility index (Phi) is 3.33. The van der Waals surface area contributed by atoms with E-state index < -0.39 is 0 Å². The van der Waals surface area contributed by atoms with Crippen molar-refractivity contribution in [3.05, 3.63) is 65.9 Å². The van der Waals surface area contributed by atoms with Gasteiger partial charge in [0, 0.05) is 18.6 Å². The van der Waals surface area contributed by atoms with Gasteiger partial charge in [0.15, 0.2) is 0 Å². The van der Waals surface area contributed by atoms with E-state index in [4.69, 9.17) is 0 Å². The van der Waals surface area contributed by atoms with Gasteiger partial charge in [-0.15, -0.1) is 0 Å². The van der Waals surface area contributed by atoms with Crippen LogP contribution >= 0.6 is 0 Å². The number of nitrogens with one attached hydrogen (secondary N) is 1. The van der Waals surface area contributed by atoms with Crippen molar-refractivity contribution in [1.29, 1.82) is 0 Å². The molecule has 1 fully saturated rings. The van der Waals surface area contributed by atoms with E-state index in [1.54, 1.807) is 12.4 Å². The SMILES string of the molecule is Cc1cccnc1[C@H](NC(=O)c1cn2ccccc2n1)C1CC1. The normalized spacial score (nSPS) is 15.5. The molecule has 1 N–H and O–H groups in total. The van der Waals surface area contributed by atoms with Crippen molar-refractivity contribution < 1.29 is 4.79 Å². The fourth-order valence-corrected chi connectivity index (χ4v) is 2.92. The molecule has 1 saturated carbocycles. The third-order valence-electron chi connectivity index (χ3n) is 4.32. The standard InChI is InChI=1S/C18H18N4O/c1-12-5-4-9-19-16(12)17(13-7-8-13)21-18(23)14-11-22-10-3-2-6-15(22)20-14/h2-6,9-11,13,17H,7-8H2,1H3,(H,21,23)/t17-/m1/s1. The quantitative estimate of drug-likeness (QED) is 0.806. The van der Waals surface area contributed by atoms with Crippen molar-refractivity contribution in [1.82, 2.24) is 19.7 Å². The second-order valence-electron chi connectivity index (χ2n) is 6.09. The predicted octanol–water partition coefficient (Wildman–Crippen LogP) is 2.92. The average molecular weight is 306 g/mol. The fourth-order valence-electron chi connectivity index (χ4n) is 2.92. The zero-order valence-electron chi connectivity index (χ0n) is 12.9. The second-order valence-corrected chi connectivity index (χ2v) is 6.09. The average Bonchev–Trinajstić information content (AvgIpc) is 3.31. The van der Waals surface area contributed by atoms with Gasteiger partial charge in [-0.2, -0.15) is 0 Å². The van der Waals surface area contributed by atoms with E-state index in [1.807, 2.05) is 47.9 Å². The summed E-state index contributed by atoms with van der Waals surface area (Å²) in [5.74, 6) is 0.334. The summed E-state index contributed by atoms with van der Waals surface area (Å²) in [5.41, 5.74) is 3.29. The first-order valence-corrected chi connectivity index (χ1v) is 7.88. The summed E-state index contributed by atoms with van der Waals surface area (Å²) in [6.07, 6.45) is 7.70. The van der Waals surface area contributed by atoms with Crippen LogP contribution in [0.5, 0.6) is 0 Å². The molecule has 0 spiro atoms. The van der Waals surface area contributed by atoms with Crippen LogP contribution in [0.3, 0.4) is 0 Å². The van der Waals surface area contributed by atoms with Crippen LogP contribution in [0.4, 0.5) is 0 Å². The van der Waals surface area contributed by atoms with E-state index in [2.05, 4.69) is 15.3 Å². The number of carbonyl (C=O) groups excluding carboxylic acids is 1. The number of pyridine rings is 2. The largest absolute Gasteiger partial charge is 0.342 e. The van der Waals surface area contributed by atoms with Gasteiger partial charge >= 0.3 is 0 Å². The van der Waals surface area contributed by atoms with Gasteiger partial charge in [-0.1, -0.05) is 12.1 Å². The molecule has 0 aliphatic heterocycles. The Morgan fingerprint density at radius 1 is 1.30 bits per heavy atom. The molecule has 116 valence electrons. The summed E-state index contributed by atoms with van der Waals surface area (Å²) in [6, 6.07) is 9.64. The van der Waals surface area contributed by atoms with E-state index in [1.165, 1.54) is 0 Å². The Morgan fingerprint density at radius 3 is 2.91 bits per heavy atom. The van der Waals surface area contributed by atoms with E-state index in [9.17, 15) is 4.79 Å². The lowest BCUT2D eigenvalue weighted by atomic mass is 10.0. The molecular weight excluding hydrogens is 288 g/mol. The number of aromatic nitrogens is 3. The van der Waals surface area contributed by atoms with Gasteiger partial charge in [0.1, 0.15) is 11.3 Å².